The van der Waals surface area contributed by atoms with Crippen molar-refractivity contribution in [2.24, 2.45) is 0 Å². The minimum Gasteiger partial charge on any atom is -0.379 e. The molecule has 1 amide bonds. The molecular weight excluding hydrogens is 382 g/mol. The third kappa shape index (κ3) is 6.11. The van der Waals surface area contributed by atoms with Gasteiger partial charge in [-0.15, -0.1) is 11.3 Å². The van der Waals surface area contributed by atoms with Crippen LogP contribution in [0.5, 0.6) is 0 Å². The molecule has 1 aliphatic heterocycles. The summed E-state index contributed by atoms with van der Waals surface area (Å²) in [5, 5.41) is 6.22. The van der Waals surface area contributed by atoms with E-state index in [1.807, 2.05) is 5.38 Å². The van der Waals surface area contributed by atoms with Gasteiger partial charge in [0.25, 0.3) is 0 Å². The van der Waals surface area contributed by atoms with E-state index in [1.54, 1.807) is 11.3 Å². The second-order valence-electron chi connectivity index (χ2n) is 8.16. The first kappa shape index (κ1) is 20.5. The molecule has 1 aromatic carbocycles. The van der Waals surface area contributed by atoms with Crippen molar-refractivity contribution in [2.45, 2.75) is 57.5 Å². The lowest BCUT2D eigenvalue weighted by atomic mass is 10.1. The maximum Gasteiger partial charge on any atom is 0.226 e. The van der Waals surface area contributed by atoms with Crippen LogP contribution in [0.4, 0.5) is 0 Å². The van der Waals surface area contributed by atoms with Crippen LogP contribution in [0.1, 0.15) is 49.8 Å². The molecule has 2 heterocycles. The Morgan fingerprint density at radius 3 is 2.55 bits per heavy atom. The van der Waals surface area contributed by atoms with Crippen LogP contribution in [0.2, 0.25) is 0 Å². The number of rotatable bonds is 6. The summed E-state index contributed by atoms with van der Waals surface area (Å²) in [7, 11) is 0. The molecule has 1 aliphatic carbocycles. The van der Waals surface area contributed by atoms with Crippen molar-refractivity contribution in [1.29, 1.82) is 0 Å². The summed E-state index contributed by atoms with van der Waals surface area (Å²) in [5.41, 5.74) is 3.31. The second kappa shape index (κ2) is 10.3. The molecule has 0 atom stereocenters. The maximum absolute atomic E-state index is 12.4. The van der Waals surface area contributed by atoms with E-state index >= 15 is 0 Å². The van der Waals surface area contributed by atoms with Gasteiger partial charge in [0.05, 0.1) is 25.3 Å². The molecule has 4 rings (SSSR count). The molecule has 2 aliphatic rings. The van der Waals surface area contributed by atoms with Crippen LogP contribution < -0.4 is 5.32 Å². The lowest BCUT2D eigenvalue weighted by Crippen LogP contribution is -2.35. The van der Waals surface area contributed by atoms with E-state index in [0.717, 1.165) is 62.0 Å². The van der Waals surface area contributed by atoms with E-state index in [2.05, 4.69) is 34.5 Å². The van der Waals surface area contributed by atoms with Gasteiger partial charge < -0.3 is 10.1 Å². The molecular formula is C23H31N3O2S. The minimum absolute atomic E-state index is 0.106. The lowest BCUT2D eigenvalue weighted by Gasteiger charge is -2.26. The number of aromatic nitrogens is 1. The van der Waals surface area contributed by atoms with Crippen LogP contribution in [-0.4, -0.2) is 48.1 Å². The molecule has 1 saturated carbocycles. The van der Waals surface area contributed by atoms with Gasteiger partial charge in [0, 0.05) is 36.6 Å². The number of thiazole rings is 1. The quantitative estimate of drug-likeness (QED) is 0.727. The smallest absolute Gasteiger partial charge is 0.226 e. The van der Waals surface area contributed by atoms with Crippen LogP contribution in [0.3, 0.4) is 0 Å². The predicted molar refractivity (Wildman–Crippen MR) is 117 cm³/mol. The Balaban J connectivity index is 1.30. The Kier molecular flexibility index (Phi) is 7.30. The number of nitrogens with zero attached hydrogens (tertiary/aromatic N) is 2. The number of amides is 1. The zero-order valence-corrected chi connectivity index (χ0v) is 17.9. The van der Waals surface area contributed by atoms with E-state index in [1.165, 1.54) is 31.2 Å². The summed E-state index contributed by atoms with van der Waals surface area (Å²) in [6.45, 7) is 4.62. The maximum atomic E-state index is 12.4. The highest BCUT2D eigenvalue weighted by atomic mass is 32.1. The van der Waals surface area contributed by atoms with Gasteiger partial charge in [-0.05, 0) is 18.4 Å². The minimum atomic E-state index is 0.106. The Morgan fingerprint density at radius 1 is 1.10 bits per heavy atom. The van der Waals surface area contributed by atoms with Crippen molar-refractivity contribution < 1.29 is 9.53 Å². The highest BCUT2D eigenvalue weighted by molar-refractivity contribution is 7.13. The molecule has 1 N–H and O–H groups in total. The number of hydrogen-bond acceptors (Lipinski definition) is 5. The zero-order chi connectivity index (χ0) is 19.9. The summed E-state index contributed by atoms with van der Waals surface area (Å²) in [5.74, 6) is 0.106. The molecule has 0 unspecified atom stereocenters. The van der Waals surface area contributed by atoms with Crippen molar-refractivity contribution in [3.63, 3.8) is 0 Å². The number of morpholine rings is 1. The number of nitrogens with one attached hydrogen (secondary N) is 1. The van der Waals surface area contributed by atoms with E-state index in [-0.39, 0.29) is 5.91 Å². The average molecular weight is 414 g/mol. The SMILES string of the molecule is O=C(Cc1csc(-c2ccc(CN3CCOCC3)cc2)n1)NC1CCCCCC1. The Labute approximate surface area is 177 Å². The van der Waals surface area contributed by atoms with Crippen molar-refractivity contribution in [3.05, 3.63) is 40.9 Å². The molecule has 156 valence electrons. The fourth-order valence-corrected chi connectivity index (χ4v) is 4.98. The molecule has 5 nitrogen and oxygen atoms in total. The highest BCUT2D eigenvalue weighted by Gasteiger charge is 2.16. The van der Waals surface area contributed by atoms with Crippen molar-refractivity contribution in [3.8, 4) is 10.6 Å². The molecule has 6 heteroatoms. The molecule has 0 spiro atoms. The monoisotopic (exact) mass is 413 g/mol. The number of benzene rings is 1. The van der Waals surface area contributed by atoms with E-state index < -0.39 is 0 Å². The largest absolute Gasteiger partial charge is 0.379 e. The Hall–Kier alpha value is -1.76. The fraction of sp³-hybridized carbons (Fsp3) is 0.565. The number of ether oxygens (including phenoxy) is 1. The molecule has 0 radical (unpaired) electrons. The van der Waals surface area contributed by atoms with Crippen LogP contribution >= 0.6 is 11.3 Å². The molecule has 2 aromatic rings. The van der Waals surface area contributed by atoms with Crippen LogP contribution in [0, 0.1) is 0 Å². The zero-order valence-electron chi connectivity index (χ0n) is 17.1. The highest BCUT2D eigenvalue weighted by Crippen LogP contribution is 2.25. The molecule has 1 aromatic heterocycles. The summed E-state index contributed by atoms with van der Waals surface area (Å²) in [4.78, 5) is 19.5. The molecule has 2 fully saturated rings. The van der Waals surface area contributed by atoms with Crippen molar-refractivity contribution in [1.82, 2.24) is 15.2 Å². The van der Waals surface area contributed by atoms with E-state index in [0.29, 0.717) is 12.5 Å². The van der Waals surface area contributed by atoms with E-state index in [9.17, 15) is 4.79 Å². The number of carbonyl (C=O) groups is 1. The Bertz CT molecular complexity index is 776. The average Bonchev–Trinajstić information content (AvgIpc) is 3.04. The van der Waals surface area contributed by atoms with Crippen LogP contribution in [-0.2, 0) is 22.5 Å². The summed E-state index contributed by atoms with van der Waals surface area (Å²) in [6.07, 6.45) is 7.67. The van der Waals surface area contributed by atoms with Gasteiger partial charge in [0.15, 0.2) is 0 Å². The summed E-state index contributed by atoms with van der Waals surface area (Å²) < 4.78 is 5.42. The van der Waals surface area contributed by atoms with Crippen LogP contribution in [0.25, 0.3) is 10.6 Å². The fourth-order valence-electron chi connectivity index (χ4n) is 4.16. The summed E-state index contributed by atoms with van der Waals surface area (Å²) >= 11 is 1.62. The number of hydrogen-bond donors (Lipinski definition) is 1. The van der Waals surface area contributed by atoms with Gasteiger partial charge in [0.2, 0.25) is 5.91 Å². The van der Waals surface area contributed by atoms with E-state index in [4.69, 9.17) is 9.72 Å². The topological polar surface area (TPSA) is 54.5 Å². The molecule has 0 bridgehead atoms. The lowest BCUT2D eigenvalue weighted by molar-refractivity contribution is -0.121. The first-order chi connectivity index (χ1) is 14.3. The van der Waals surface area contributed by atoms with Gasteiger partial charge in [-0.2, -0.15) is 0 Å². The van der Waals surface area contributed by atoms with Gasteiger partial charge in [-0.3, -0.25) is 9.69 Å². The first-order valence-electron chi connectivity index (χ1n) is 10.9. The van der Waals surface area contributed by atoms with Gasteiger partial charge in [-0.25, -0.2) is 4.98 Å². The first-order valence-corrected chi connectivity index (χ1v) is 11.8. The van der Waals surface area contributed by atoms with Gasteiger partial charge >= 0.3 is 0 Å². The Morgan fingerprint density at radius 2 is 1.83 bits per heavy atom. The molecule has 29 heavy (non-hydrogen) atoms. The predicted octanol–water partition coefficient (Wildman–Crippen LogP) is 4.02. The third-order valence-corrected chi connectivity index (χ3v) is 6.76. The van der Waals surface area contributed by atoms with Crippen LogP contribution in [0.15, 0.2) is 29.6 Å². The number of carbonyl (C=O) groups excluding carboxylic acids is 1. The normalized spacial score (nSPS) is 19.0. The van der Waals surface area contributed by atoms with Crippen molar-refractivity contribution in [2.75, 3.05) is 26.3 Å². The molecule has 1 saturated heterocycles. The third-order valence-electron chi connectivity index (χ3n) is 5.82. The standard InChI is InChI=1S/C23H31N3O2S/c27-22(24-20-5-3-1-2-4-6-20)15-21-17-29-23(25-21)19-9-7-18(8-10-19)16-26-11-13-28-14-12-26/h7-10,17,20H,1-6,11-16H2,(H,24,27). The summed E-state index contributed by atoms with van der Waals surface area (Å²) in [6, 6.07) is 9.01. The second-order valence-corrected chi connectivity index (χ2v) is 9.02. The van der Waals surface area contributed by atoms with Crippen molar-refractivity contribution >= 4 is 17.2 Å². The van der Waals surface area contributed by atoms with Gasteiger partial charge in [0.1, 0.15) is 5.01 Å². The van der Waals surface area contributed by atoms with Gasteiger partial charge in [-0.1, -0.05) is 49.9 Å².